The average Bonchev–Trinajstić information content (AvgIpc) is 2.57. The van der Waals surface area contributed by atoms with Gasteiger partial charge in [0.25, 0.3) is 0 Å². The molecular weight excluding hydrogens is 304 g/mol. The Balaban J connectivity index is 3.25. The molecule has 0 aromatic rings. The second kappa shape index (κ2) is 19.2. The largest absolute Gasteiger partial charge is 0.368 e. The molecule has 0 aliphatic rings. The van der Waals surface area contributed by atoms with Crippen molar-refractivity contribution in [2.45, 2.75) is 116 Å². The molecule has 0 aliphatic heterocycles. The van der Waals surface area contributed by atoms with E-state index in [1.807, 2.05) is 0 Å². The van der Waals surface area contributed by atoms with Crippen molar-refractivity contribution in [1.82, 2.24) is 0 Å². The zero-order valence-corrected chi connectivity index (χ0v) is 16.2. The van der Waals surface area contributed by atoms with Crippen LogP contribution in [-0.4, -0.2) is 36.0 Å². The van der Waals surface area contributed by atoms with Crippen molar-refractivity contribution in [3.05, 3.63) is 0 Å². The molecule has 0 aliphatic carbocycles. The van der Waals surface area contributed by atoms with Crippen LogP contribution in [0.3, 0.4) is 0 Å². The van der Waals surface area contributed by atoms with Crippen molar-refractivity contribution in [3.63, 3.8) is 0 Å². The minimum absolute atomic E-state index is 0.608. The molecule has 4 nitrogen and oxygen atoms in total. The lowest BCUT2D eigenvalue weighted by atomic mass is 10.1. The molecule has 0 saturated carbocycles. The summed E-state index contributed by atoms with van der Waals surface area (Å²) in [5, 5.41) is 19.5. The van der Waals surface area contributed by atoms with Crippen LogP contribution in [0.5, 0.6) is 0 Å². The van der Waals surface area contributed by atoms with E-state index in [2.05, 4.69) is 13.8 Å². The van der Waals surface area contributed by atoms with Crippen molar-refractivity contribution < 1.29 is 19.7 Å². The number of aliphatic hydroxyl groups excluding tert-OH is 2. The third-order valence-electron chi connectivity index (χ3n) is 4.27. The third kappa shape index (κ3) is 18.2. The maximum Gasteiger partial charge on any atom is 0.154 e. The van der Waals surface area contributed by atoms with Crippen molar-refractivity contribution in [1.29, 1.82) is 0 Å². The molecule has 0 rings (SSSR count). The average molecular weight is 347 g/mol. The topological polar surface area (TPSA) is 58.9 Å². The van der Waals surface area contributed by atoms with E-state index in [-0.39, 0.29) is 0 Å². The number of ether oxygens (including phenoxy) is 2. The van der Waals surface area contributed by atoms with Gasteiger partial charge in [-0.1, -0.05) is 65.2 Å². The first-order valence-electron chi connectivity index (χ1n) is 10.3. The van der Waals surface area contributed by atoms with Gasteiger partial charge in [-0.2, -0.15) is 0 Å². The van der Waals surface area contributed by atoms with Gasteiger partial charge in [-0.25, -0.2) is 0 Å². The molecule has 146 valence electrons. The smallest absolute Gasteiger partial charge is 0.154 e. The SMILES string of the molecule is CCCCCCOC(O)CCCCCCC(O)OCCCCCC. The summed E-state index contributed by atoms with van der Waals surface area (Å²) in [5.41, 5.74) is 0. The van der Waals surface area contributed by atoms with E-state index in [1.165, 1.54) is 38.5 Å². The Morgan fingerprint density at radius 3 is 1.29 bits per heavy atom. The van der Waals surface area contributed by atoms with Gasteiger partial charge in [-0.05, 0) is 38.5 Å². The molecule has 0 aromatic carbocycles. The Bertz CT molecular complexity index is 212. The monoisotopic (exact) mass is 346 g/mol. The summed E-state index contributed by atoms with van der Waals surface area (Å²) in [6, 6.07) is 0. The maximum atomic E-state index is 9.73. The molecular formula is C20H42O4. The first-order valence-corrected chi connectivity index (χ1v) is 10.3. The lowest BCUT2D eigenvalue weighted by molar-refractivity contribution is -0.107. The Morgan fingerprint density at radius 1 is 0.542 bits per heavy atom. The number of hydrogen-bond donors (Lipinski definition) is 2. The van der Waals surface area contributed by atoms with E-state index in [9.17, 15) is 10.2 Å². The molecule has 2 unspecified atom stereocenters. The fourth-order valence-electron chi connectivity index (χ4n) is 2.65. The number of unbranched alkanes of at least 4 members (excludes halogenated alkanes) is 9. The van der Waals surface area contributed by atoms with E-state index in [4.69, 9.17) is 9.47 Å². The van der Waals surface area contributed by atoms with Crippen LogP contribution in [0, 0.1) is 0 Å². The molecule has 0 fully saturated rings. The standard InChI is InChI=1S/C20H42O4/c1-3-5-7-13-17-23-19(21)15-11-9-10-12-16-20(22)24-18-14-8-6-4-2/h19-22H,3-18H2,1-2H3. The second-order valence-electron chi connectivity index (χ2n) is 6.76. The van der Waals surface area contributed by atoms with E-state index in [0.717, 1.165) is 38.5 Å². The molecule has 0 amide bonds. The van der Waals surface area contributed by atoms with E-state index >= 15 is 0 Å². The van der Waals surface area contributed by atoms with E-state index in [0.29, 0.717) is 26.1 Å². The third-order valence-corrected chi connectivity index (χ3v) is 4.27. The Morgan fingerprint density at radius 2 is 0.917 bits per heavy atom. The fourth-order valence-corrected chi connectivity index (χ4v) is 2.65. The molecule has 0 aromatic heterocycles. The number of hydrogen-bond acceptors (Lipinski definition) is 4. The van der Waals surface area contributed by atoms with Crippen LogP contribution in [0.1, 0.15) is 104 Å². The van der Waals surface area contributed by atoms with Crippen LogP contribution in [0.2, 0.25) is 0 Å². The summed E-state index contributed by atoms with van der Waals surface area (Å²) in [6.45, 7) is 5.72. The predicted molar refractivity (Wildman–Crippen MR) is 99.9 cm³/mol. The van der Waals surface area contributed by atoms with Crippen LogP contribution in [0.4, 0.5) is 0 Å². The van der Waals surface area contributed by atoms with E-state index < -0.39 is 12.6 Å². The predicted octanol–water partition coefficient (Wildman–Crippen LogP) is 5.16. The van der Waals surface area contributed by atoms with Crippen molar-refractivity contribution in [2.24, 2.45) is 0 Å². The minimum Gasteiger partial charge on any atom is -0.368 e. The van der Waals surface area contributed by atoms with Gasteiger partial charge in [0.2, 0.25) is 0 Å². The van der Waals surface area contributed by atoms with Crippen LogP contribution in [0.15, 0.2) is 0 Å². The lowest BCUT2D eigenvalue weighted by Crippen LogP contribution is -2.13. The zero-order valence-electron chi connectivity index (χ0n) is 16.2. The van der Waals surface area contributed by atoms with Crippen LogP contribution in [0.25, 0.3) is 0 Å². The Hall–Kier alpha value is -0.160. The minimum atomic E-state index is -0.608. The second-order valence-corrected chi connectivity index (χ2v) is 6.76. The molecule has 0 bridgehead atoms. The maximum absolute atomic E-state index is 9.73. The van der Waals surface area contributed by atoms with Crippen LogP contribution in [-0.2, 0) is 9.47 Å². The molecule has 0 heterocycles. The van der Waals surface area contributed by atoms with Gasteiger partial charge in [-0.3, -0.25) is 0 Å². The summed E-state index contributed by atoms with van der Waals surface area (Å²) in [7, 11) is 0. The summed E-state index contributed by atoms with van der Waals surface area (Å²) in [5.74, 6) is 0. The highest BCUT2D eigenvalue weighted by molar-refractivity contribution is 4.50. The molecule has 0 spiro atoms. The van der Waals surface area contributed by atoms with Crippen molar-refractivity contribution >= 4 is 0 Å². The van der Waals surface area contributed by atoms with Gasteiger partial charge in [0.05, 0.1) is 0 Å². The van der Waals surface area contributed by atoms with Gasteiger partial charge >= 0.3 is 0 Å². The summed E-state index contributed by atoms with van der Waals surface area (Å²) in [6.07, 6.45) is 13.7. The highest BCUT2D eigenvalue weighted by Crippen LogP contribution is 2.11. The fraction of sp³-hybridized carbons (Fsp3) is 1.00. The van der Waals surface area contributed by atoms with Crippen molar-refractivity contribution in [2.75, 3.05) is 13.2 Å². The Kier molecular flexibility index (Phi) is 19.0. The number of aliphatic hydroxyl groups is 2. The highest BCUT2D eigenvalue weighted by Gasteiger charge is 2.05. The van der Waals surface area contributed by atoms with Crippen LogP contribution < -0.4 is 0 Å². The van der Waals surface area contributed by atoms with Gasteiger partial charge in [0.15, 0.2) is 12.6 Å². The van der Waals surface area contributed by atoms with Gasteiger partial charge in [-0.15, -0.1) is 0 Å². The summed E-state index contributed by atoms with van der Waals surface area (Å²) in [4.78, 5) is 0. The molecule has 2 atom stereocenters. The summed E-state index contributed by atoms with van der Waals surface area (Å²) < 4.78 is 10.8. The normalized spacial score (nSPS) is 14.0. The lowest BCUT2D eigenvalue weighted by Gasteiger charge is -2.13. The quantitative estimate of drug-likeness (QED) is 0.251. The Labute approximate surface area is 149 Å². The zero-order chi connectivity index (χ0) is 17.9. The first-order chi connectivity index (χ1) is 11.7. The molecule has 0 radical (unpaired) electrons. The van der Waals surface area contributed by atoms with Crippen LogP contribution >= 0.6 is 0 Å². The van der Waals surface area contributed by atoms with Gasteiger partial charge in [0, 0.05) is 13.2 Å². The van der Waals surface area contributed by atoms with Crippen molar-refractivity contribution in [3.8, 4) is 0 Å². The van der Waals surface area contributed by atoms with E-state index in [1.54, 1.807) is 0 Å². The van der Waals surface area contributed by atoms with Gasteiger partial charge in [0.1, 0.15) is 0 Å². The molecule has 2 N–H and O–H groups in total. The molecule has 0 saturated heterocycles. The molecule has 4 heteroatoms. The highest BCUT2D eigenvalue weighted by atomic mass is 16.6. The molecule has 24 heavy (non-hydrogen) atoms. The summed E-state index contributed by atoms with van der Waals surface area (Å²) >= 11 is 0. The first kappa shape index (κ1) is 23.8. The van der Waals surface area contributed by atoms with Gasteiger partial charge < -0.3 is 19.7 Å². The number of rotatable bonds is 19.